The molecule has 5 heteroatoms. The van der Waals surface area contributed by atoms with E-state index in [0.717, 1.165) is 21.2 Å². The Labute approximate surface area is 189 Å². The lowest BCUT2D eigenvalue weighted by Crippen LogP contribution is -2.30. The first-order valence-electron chi connectivity index (χ1n) is 9.82. The van der Waals surface area contributed by atoms with Crippen LogP contribution in [-0.2, 0) is 9.59 Å². The van der Waals surface area contributed by atoms with Gasteiger partial charge in [-0.3, -0.25) is 14.5 Å². The zero-order valence-corrected chi connectivity index (χ0v) is 18.4. The van der Waals surface area contributed by atoms with Crippen LogP contribution in [0.2, 0.25) is 0 Å². The van der Waals surface area contributed by atoms with E-state index < -0.39 is 23.5 Å². The molecule has 1 N–H and O–H groups in total. The van der Waals surface area contributed by atoms with Crippen LogP contribution >= 0.6 is 15.9 Å². The molecule has 4 rings (SSSR count). The summed E-state index contributed by atoms with van der Waals surface area (Å²) in [4.78, 5) is 27.7. The Bertz CT molecular complexity index is 1180. The van der Waals surface area contributed by atoms with Gasteiger partial charge in [-0.05, 0) is 48.4 Å². The van der Waals surface area contributed by atoms with Gasteiger partial charge in [0, 0.05) is 10.2 Å². The minimum atomic E-state index is -0.726. The third-order valence-electron chi connectivity index (χ3n) is 5.20. The van der Waals surface area contributed by atoms with Crippen molar-refractivity contribution < 1.29 is 14.7 Å². The molecule has 1 atom stereocenters. The Balaban J connectivity index is 1.78. The second-order valence-electron chi connectivity index (χ2n) is 7.34. The van der Waals surface area contributed by atoms with Crippen LogP contribution in [0.3, 0.4) is 0 Å². The molecular weight excluding hydrogens is 454 g/mol. The van der Waals surface area contributed by atoms with Crippen molar-refractivity contribution in [3.05, 3.63) is 117 Å². The maximum atomic E-state index is 13.2. The van der Waals surface area contributed by atoms with Crippen molar-refractivity contribution in [2.45, 2.75) is 13.0 Å². The quantitative estimate of drug-likeness (QED) is 0.466. The van der Waals surface area contributed by atoms with E-state index >= 15 is 0 Å². The molecule has 1 heterocycles. The maximum Gasteiger partial charge on any atom is 0.294 e. The third-order valence-corrected chi connectivity index (χ3v) is 5.73. The second kappa shape index (κ2) is 8.74. The summed E-state index contributed by atoms with van der Waals surface area (Å²) in [6, 6.07) is 23.5. The first-order valence-corrected chi connectivity index (χ1v) is 10.6. The van der Waals surface area contributed by atoms with E-state index in [1.54, 1.807) is 6.08 Å². The van der Waals surface area contributed by atoms with Crippen LogP contribution in [0.25, 0.3) is 6.08 Å². The number of anilines is 1. The molecule has 3 aromatic carbocycles. The molecule has 0 saturated heterocycles. The van der Waals surface area contributed by atoms with Gasteiger partial charge in [0.2, 0.25) is 0 Å². The number of aryl methyl sites for hydroxylation is 1. The van der Waals surface area contributed by atoms with E-state index in [2.05, 4.69) is 15.9 Å². The van der Waals surface area contributed by atoms with Gasteiger partial charge in [0.05, 0.1) is 11.6 Å². The average molecular weight is 474 g/mol. The lowest BCUT2D eigenvalue weighted by atomic mass is 9.95. The summed E-state index contributed by atoms with van der Waals surface area (Å²) in [5, 5.41) is 10.7. The van der Waals surface area contributed by atoms with Crippen LogP contribution in [-0.4, -0.2) is 16.8 Å². The Morgan fingerprint density at radius 1 is 0.968 bits per heavy atom. The molecule has 31 heavy (non-hydrogen) atoms. The van der Waals surface area contributed by atoms with Gasteiger partial charge in [-0.1, -0.05) is 82.2 Å². The summed E-state index contributed by atoms with van der Waals surface area (Å²) >= 11 is 3.42. The topological polar surface area (TPSA) is 57.6 Å². The van der Waals surface area contributed by atoms with Crippen LogP contribution in [0.5, 0.6) is 0 Å². The number of hydrogen-bond donors (Lipinski definition) is 1. The molecule has 1 unspecified atom stereocenters. The number of nitrogens with zero attached hydrogens (tertiary/aromatic N) is 1. The Morgan fingerprint density at radius 3 is 2.26 bits per heavy atom. The SMILES string of the molecule is Cc1ccc(N2C(=O)C(O)=C(C(=O)/C=C/c3ccccc3)C2c2ccc(Br)cc2)cc1. The Hall–Kier alpha value is -3.44. The van der Waals surface area contributed by atoms with E-state index in [0.29, 0.717) is 5.69 Å². The molecule has 1 aliphatic heterocycles. The minimum Gasteiger partial charge on any atom is -0.503 e. The summed E-state index contributed by atoms with van der Waals surface area (Å²) in [6.07, 6.45) is 3.08. The molecule has 0 saturated carbocycles. The molecule has 3 aromatic rings. The third kappa shape index (κ3) is 4.23. The number of carbonyl (C=O) groups excluding carboxylic acids is 2. The number of benzene rings is 3. The van der Waals surface area contributed by atoms with E-state index in [1.807, 2.05) is 85.8 Å². The molecule has 1 aliphatic rings. The number of allylic oxidation sites excluding steroid dienone is 1. The van der Waals surface area contributed by atoms with Gasteiger partial charge >= 0.3 is 0 Å². The van der Waals surface area contributed by atoms with E-state index in [1.165, 1.54) is 11.0 Å². The predicted molar refractivity (Wildman–Crippen MR) is 126 cm³/mol. The Kier molecular flexibility index (Phi) is 5.87. The zero-order valence-electron chi connectivity index (χ0n) is 16.8. The number of halogens is 1. The molecule has 0 aromatic heterocycles. The molecule has 0 aliphatic carbocycles. The van der Waals surface area contributed by atoms with Crippen molar-refractivity contribution in [3.8, 4) is 0 Å². The molecule has 0 radical (unpaired) electrons. The van der Waals surface area contributed by atoms with Gasteiger partial charge in [-0.2, -0.15) is 0 Å². The van der Waals surface area contributed by atoms with Crippen molar-refractivity contribution in [2.24, 2.45) is 0 Å². The van der Waals surface area contributed by atoms with Gasteiger partial charge in [0.25, 0.3) is 5.91 Å². The van der Waals surface area contributed by atoms with Gasteiger partial charge in [0.15, 0.2) is 11.5 Å². The van der Waals surface area contributed by atoms with Gasteiger partial charge in [-0.15, -0.1) is 0 Å². The van der Waals surface area contributed by atoms with Crippen molar-refractivity contribution in [1.82, 2.24) is 0 Å². The molecule has 0 bridgehead atoms. The molecular formula is C26H20BrNO3. The summed E-state index contributed by atoms with van der Waals surface area (Å²) in [5.74, 6) is -1.51. The molecule has 1 amide bonds. The minimum absolute atomic E-state index is 0.0695. The number of carbonyl (C=O) groups is 2. The van der Waals surface area contributed by atoms with Crippen LogP contribution < -0.4 is 4.90 Å². The van der Waals surface area contributed by atoms with Crippen LogP contribution in [0.15, 0.2) is 101 Å². The number of aliphatic hydroxyl groups excluding tert-OH is 1. The molecule has 4 nitrogen and oxygen atoms in total. The largest absolute Gasteiger partial charge is 0.503 e. The monoisotopic (exact) mass is 473 g/mol. The zero-order chi connectivity index (χ0) is 22.0. The van der Waals surface area contributed by atoms with Crippen molar-refractivity contribution in [1.29, 1.82) is 0 Å². The lowest BCUT2D eigenvalue weighted by molar-refractivity contribution is -0.117. The first-order chi connectivity index (χ1) is 15.0. The fourth-order valence-corrected chi connectivity index (χ4v) is 3.88. The lowest BCUT2D eigenvalue weighted by Gasteiger charge is -2.27. The molecule has 0 spiro atoms. The van der Waals surface area contributed by atoms with Crippen molar-refractivity contribution in [3.63, 3.8) is 0 Å². The van der Waals surface area contributed by atoms with E-state index in [-0.39, 0.29) is 5.57 Å². The van der Waals surface area contributed by atoms with E-state index in [9.17, 15) is 14.7 Å². The van der Waals surface area contributed by atoms with E-state index in [4.69, 9.17) is 0 Å². The first kappa shape index (κ1) is 20.8. The number of hydrogen-bond acceptors (Lipinski definition) is 3. The number of rotatable bonds is 5. The normalized spacial score (nSPS) is 16.4. The van der Waals surface area contributed by atoms with Gasteiger partial charge in [0.1, 0.15) is 0 Å². The van der Waals surface area contributed by atoms with Gasteiger partial charge in [-0.25, -0.2) is 0 Å². The highest BCUT2D eigenvalue weighted by atomic mass is 79.9. The predicted octanol–water partition coefficient (Wildman–Crippen LogP) is 5.94. The number of ketones is 1. The number of amides is 1. The highest BCUT2D eigenvalue weighted by Gasteiger charge is 2.43. The standard InChI is InChI=1S/C26H20BrNO3/c1-17-7-14-21(15-8-17)28-24(19-10-12-20(27)13-11-19)23(25(30)26(28)31)22(29)16-9-18-5-3-2-4-6-18/h2-16,24,30H,1H3/b16-9+. The summed E-state index contributed by atoms with van der Waals surface area (Å²) < 4.78 is 0.882. The summed E-state index contributed by atoms with van der Waals surface area (Å²) in [7, 11) is 0. The van der Waals surface area contributed by atoms with Crippen molar-refractivity contribution in [2.75, 3.05) is 4.90 Å². The summed E-state index contributed by atoms with van der Waals surface area (Å²) in [5.41, 5.74) is 3.33. The number of aliphatic hydroxyl groups is 1. The molecule has 154 valence electrons. The second-order valence-corrected chi connectivity index (χ2v) is 8.25. The van der Waals surface area contributed by atoms with Crippen LogP contribution in [0, 0.1) is 6.92 Å². The van der Waals surface area contributed by atoms with Crippen LogP contribution in [0.4, 0.5) is 5.69 Å². The molecule has 0 fully saturated rings. The smallest absolute Gasteiger partial charge is 0.294 e. The highest BCUT2D eigenvalue weighted by molar-refractivity contribution is 9.10. The van der Waals surface area contributed by atoms with Crippen LogP contribution in [0.1, 0.15) is 22.7 Å². The van der Waals surface area contributed by atoms with Crippen molar-refractivity contribution >= 4 is 39.4 Å². The average Bonchev–Trinajstić information content (AvgIpc) is 3.05. The summed E-state index contributed by atoms with van der Waals surface area (Å²) in [6.45, 7) is 1.96. The fourth-order valence-electron chi connectivity index (χ4n) is 3.61. The fraction of sp³-hybridized carbons (Fsp3) is 0.0769. The van der Waals surface area contributed by atoms with Gasteiger partial charge < -0.3 is 5.11 Å². The Morgan fingerprint density at radius 2 is 1.61 bits per heavy atom. The highest BCUT2D eigenvalue weighted by Crippen LogP contribution is 2.41. The maximum absolute atomic E-state index is 13.2.